The zero-order valence-corrected chi connectivity index (χ0v) is 12.2. The molecule has 2 heterocycles. The number of carboxylic acid groups (broad SMARTS) is 1. The lowest BCUT2D eigenvalue weighted by Crippen LogP contribution is -2.30. The van der Waals surface area contributed by atoms with E-state index >= 15 is 0 Å². The van der Waals surface area contributed by atoms with Gasteiger partial charge in [0.2, 0.25) is 5.89 Å². The minimum atomic E-state index is -0.881. The summed E-state index contributed by atoms with van der Waals surface area (Å²) >= 11 is 0. The van der Waals surface area contributed by atoms with E-state index in [1.54, 1.807) is 12.1 Å². The van der Waals surface area contributed by atoms with Gasteiger partial charge in [-0.05, 0) is 43.5 Å². The number of aromatic carboxylic acids is 1. The molecule has 2 aromatic rings. The Bertz CT molecular complexity index is 671. The van der Waals surface area contributed by atoms with Crippen molar-refractivity contribution in [1.29, 1.82) is 0 Å². The Morgan fingerprint density at radius 2 is 2.19 bits per heavy atom. The highest BCUT2D eigenvalue weighted by molar-refractivity contribution is 5.87. The normalized spacial score (nSPS) is 15.0. The first-order chi connectivity index (χ1) is 10.0. The van der Waals surface area contributed by atoms with E-state index in [2.05, 4.69) is 9.88 Å². The molecule has 0 fully saturated rings. The van der Waals surface area contributed by atoms with Crippen molar-refractivity contribution in [2.45, 2.75) is 33.4 Å². The molecule has 1 aromatic heterocycles. The van der Waals surface area contributed by atoms with Gasteiger partial charge in [0.25, 0.3) is 0 Å². The summed E-state index contributed by atoms with van der Waals surface area (Å²) in [6.45, 7) is 6.17. The summed E-state index contributed by atoms with van der Waals surface area (Å²) in [4.78, 5) is 17.7. The lowest BCUT2D eigenvalue weighted by molar-refractivity contribution is 0.0696. The lowest BCUT2D eigenvalue weighted by atomic mass is 9.97. The van der Waals surface area contributed by atoms with Crippen molar-refractivity contribution >= 4 is 5.97 Å². The monoisotopic (exact) mass is 286 g/mol. The Hall–Kier alpha value is -2.14. The van der Waals surface area contributed by atoms with Crippen LogP contribution in [0.15, 0.2) is 22.6 Å². The van der Waals surface area contributed by atoms with E-state index in [0.29, 0.717) is 12.1 Å². The van der Waals surface area contributed by atoms with E-state index in [9.17, 15) is 4.79 Å². The van der Waals surface area contributed by atoms with Crippen LogP contribution in [0.25, 0.3) is 0 Å². The van der Waals surface area contributed by atoms with Crippen LogP contribution < -0.4 is 0 Å². The summed E-state index contributed by atoms with van der Waals surface area (Å²) in [5.41, 5.74) is 3.59. The second-order valence-corrected chi connectivity index (χ2v) is 5.50. The molecule has 0 aliphatic carbocycles. The van der Waals surface area contributed by atoms with Crippen molar-refractivity contribution in [3.63, 3.8) is 0 Å². The van der Waals surface area contributed by atoms with E-state index in [0.717, 1.165) is 42.4 Å². The van der Waals surface area contributed by atoms with E-state index in [1.807, 2.05) is 19.9 Å². The molecule has 0 bridgehead atoms. The third-order valence-corrected chi connectivity index (χ3v) is 3.98. The second kappa shape index (κ2) is 5.33. The maximum Gasteiger partial charge on any atom is 0.335 e. The van der Waals surface area contributed by atoms with Gasteiger partial charge in [0.15, 0.2) is 0 Å². The Morgan fingerprint density at radius 1 is 1.38 bits per heavy atom. The SMILES string of the molecule is Cc1nc(CN2CCc3ccc(C(=O)O)cc3C2)oc1C. The molecule has 5 heteroatoms. The molecule has 0 spiro atoms. The summed E-state index contributed by atoms with van der Waals surface area (Å²) in [5, 5.41) is 9.08. The fourth-order valence-electron chi connectivity index (χ4n) is 2.68. The maximum atomic E-state index is 11.1. The summed E-state index contributed by atoms with van der Waals surface area (Å²) in [5.74, 6) is 0.701. The summed E-state index contributed by atoms with van der Waals surface area (Å²) in [6, 6.07) is 5.38. The Morgan fingerprint density at radius 3 is 2.86 bits per heavy atom. The molecule has 5 nitrogen and oxygen atoms in total. The summed E-state index contributed by atoms with van der Waals surface area (Å²) in [6.07, 6.45) is 0.925. The summed E-state index contributed by atoms with van der Waals surface area (Å²) in [7, 11) is 0. The largest absolute Gasteiger partial charge is 0.478 e. The van der Waals surface area contributed by atoms with Gasteiger partial charge in [-0.15, -0.1) is 0 Å². The van der Waals surface area contributed by atoms with Crippen LogP contribution in [0.4, 0.5) is 0 Å². The molecule has 110 valence electrons. The molecule has 0 unspecified atom stereocenters. The average Bonchev–Trinajstić information content (AvgIpc) is 2.76. The van der Waals surface area contributed by atoms with Gasteiger partial charge >= 0.3 is 5.97 Å². The number of hydrogen-bond donors (Lipinski definition) is 1. The zero-order chi connectivity index (χ0) is 15.0. The molecule has 0 radical (unpaired) electrons. The van der Waals surface area contributed by atoms with Gasteiger partial charge in [-0.25, -0.2) is 9.78 Å². The topological polar surface area (TPSA) is 66.6 Å². The van der Waals surface area contributed by atoms with Gasteiger partial charge in [-0.1, -0.05) is 6.07 Å². The number of carboxylic acids is 1. The predicted molar refractivity (Wildman–Crippen MR) is 77.2 cm³/mol. The predicted octanol–water partition coefficient (Wildman–Crippen LogP) is 2.55. The van der Waals surface area contributed by atoms with Crippen molar-refractivity contribution in [1.82, 2.24) is 9.88 Å². The van der Waals surface area contributed by atoms with Crippen molar-refractivity contribution in [2.75, 3.05) is 6.54 Å². The Labute approximate surface area is 123 Å². The fourth-order valence-corrected chi connectivity index (χ4v) is 2.68. The summed E-state index contributed by atoms with van der Waals surface area (Å²) < 4.78 is 5.62. The van der Waals surface area contributed by atoms with Gasteiger partial charge in [0, 0.05) is 13.1 Å². The number of nitrogens with zero attached hydrogens (tertiary/aromatic N) is 2. The second-order valence-electron chi connectivity index (χ2n) is 5.50. The number of oxazole rings is 1. The van der Waals surface area contributed by atoms with Gasteiger partial charge in [0.05, 0.1) is 17.8 Å². The van der Waals surface area contributed by atoms with E-state index in [-0.39, 0.29) is 0 Å². The highest BCUT2D eigenvalue weighted by Gasteiger charge is 2.19. The van der Waals surface area contributed by atoms with Crippen LogP contribution in [0, 0.1) is 13.8 Å². The number of carbonyl (C=O) groups is 1. The van der Waals surface area contributed by atoms with Crippen LogP contribution in [-0.4, -0.2) is 27.5 Å². The van der Waals surface area contributed by atoms with Gasteiger partial charge in [0.1, 0.15) is 5.76 Å². The zero-order valence-electron chi connectivity index (χ0n) is 12.2. The fraction of sp³-hybridized carbons (Fsp3) is 0.375. The van der Waals surface area contributed by atoms with Crippen LogP contribution in [-0.2, 0) is 19.5 Å². The van der Waals surface area contributed by atoms with Gasteiger partial charge < -0.3 is 9.52 Å². The molecule has 0 saturated heterocycles. The third-order valence-electron chi connectivity index (χ3n) is 3.98. The molecule has 1 aromatic carbocycles. The molecule has 0 atom stereocenters. The smallest absolute Gasteiger partial charge is 0.335 e. The molecule has 1 N–H and O–H groups in total. The van der Waals surface area contributed by atoms with Crippen molar-refractivity contribution < 1.29 is 14.3 Å². The van der Waals surface area contributed by atoms with Crippen molar-refractivity contribution in [3.05, 3.63) is 52.2 Å². The highest BCUT2D eigenvalue weighted by atomic mass is 16.4. The molecular formula is C16H18N2O3. The first-order valence-corrected chi connectivity index (χ1v) is 7.03. The highest BCUT2D eigenvalue weighted by Crippen LogP contribution is 2.22. The molecular weight excluding hydrogens is 268 g/mol. The van der Waals surface area contributed by atoms with Crippen LogP contribution in [0.2, 0.25) is 0 Å². The molecule has 0 saturated carbocycles. The standard InChI is InChI=1S/C16H18N2O3/c1-10-11(2)21-15(17-10)9-18-6-5-12-3-4-13(16(19)20)7-14(12)8-18/h3-4,7H,5-6,8-9H2,1-2H3,(H,19,20). The number of benzene rings is 1. The molecule has 1 aliphatic rings. The van der Waals surface area contributed by atoms with Crippen molar-refractivity contribution in [2.24, 2.45) is 0 Å². The van der Waals surface area contributed by atoms with Crippen LogP contribution in [0.3, 0.4) is 0 Å². The van der Waals surface area contributed by atoms with Crippen molar-refractivity contribution in [3.8, 4) is 0 Å². The van der Waals surface area contributed by atoms with Gasteiger partial charge in [-0.2, -0.15) is 0 Å². The van der Waals surface area contributed by atoms with Crippen LogP contribution in [0.1, 0.15) is 38.8 Å². The molecule has 3 rings (SSSR count). The number of aryl methyl sites for hydroxylation is 2. The number of aromatic nitrogens is 1. The van der Waals surface area contributed by atoms with E-state index < -0.39 is 5.97 Å². The van der Waals surface area contributed by atoms with Crippen LogP contribution >= 0.6 is 0 Å². The first kappa shape index (κ1) is 13.8. The first-order valence-electron chi connectivity index (χ1n) is 7.03. The molecule has 21 heavy (non-hydrogen) atoms. The number of rotatable bonds is 3. The van der Waals surface area contributed by atoms with Gasteiger partial charge in [-0.3, -0.25) is 4.90 Å². The minimum Gasteiger partial charge on any atom is -0.478 e. The van der Waals surface area contributed by atoms with E-state index in [1.165, 1.54) is 5.56 Å². The Kier molecular flexibility index (Phi) is 3.51. The molecule has 1 aliphatic heterocycles. The number of hydrogen-bond acceptors (Lipinski definition) is 4. The third kappa shape index (κ3) is 2.83. The van der Waals surface area contributed by atoms with Crippen LogP contribution in [0.5, 0.6) is 0 Å². The number of fused-ring (bicyclic) bond motifs is 1. The molecule has 0 amide bonds. The van der Waals surface area contributed by atoms with E-state index in [4.69, 9.17) is 9.52 Å². The average molecular weight is 286 g/mol. The quantitative estimate of drug-likeness (QED) is 0.939. The Balaban J connectivity index is 1.77. The lowest BCUT2D eigenvalue weighted by Gasteiger charge is -2.27. The maximum absolute atomic E-state index is 11.1. The minimum absolute atomic E-state index is 0.346.